The molecule has 138 valence electrons. The van der Waals surface area contributed by atoms with Crippen LogP contribution in [-0.4, -0.2) is 44.2 Å². The third-order valence-corrected chi connectivity index (χ3v) is 4.51. The van der Waals surface area contributed by atoms with E-state index in [0.717, 1.165) is 22.0 Å². The Labute approximate surface area is 151 Å². The van der Waals surface area contributed by atoms with Crippen molar-refractivity contribution in [2.75, 3.05) is 27.5 Å². The highest BCUT2D eigenvalue weighted by molar-refractivity contribution is 6.01. The van der Waals surface area contributed by atoms with Crippen molar-refractivity contribution < 1.29 is 28.7 Å². The molecule has 0 fully saturated rings. The summed E-state index contributed by atoms with van der Waals surface area (Å²) in [5, 5.41) is 0. The molecule has 7 nitrogen and oxygen atoms in total. The summed E-state index contributed by atoms with van der Waals surface area (Å²) in [5.41, 5.74) is 3.24. The lowest BCUT2D eigenvalue weighted by molar-refractivity contribution is -0.884. The summed E-state index contributed by atoms with van der Waals surface area (Å²) in [4.78, 5) is 28.6. The molecular weight excluding hydrogens is 336 g/mol. The van der Waals surface area contributed by atoms with Gasteiger partial charge in [-0.15, -0.1) is 0 Å². The van der Waals surface area contributed by atoms with Crippen molar-refractivity contribution in [2.45, 2.75) is 20.4 Å². The zero-order valence-corrected chi connectivity index (χ0v) is 15.4. The number of nitrogens with one attached hydrogen (secondary N) is 2. The SMILES string of the molecule is COC(=O)c1c(C)[nH]c(C(=O)C[NH+](C)Cc2ccc3c(c2)OCO3)c1C. The molecule has 1 aliphatic heterocycles. The summed E-state index contributed by atoms with van der Waals surface area (Å²) in [7, 11) is 3.29. The minimum Gasteiger partial charge on any atom is -0.465 e. The number of Topliss-reactive ketones (excluding diaryl/α,β-unsaturated/α-hetero) is 1. The first-order valence-corrected chi connectivity index (χ1v) is 8.41. The van der Waals surface area contributed by atoms with E-state index >= 15 is 0 Å². The maximum Gasteiger partial charge on any atom is 0.339 e. The summed E-state index contributed by atoms with van der Waals surface area (Å²) >= 11 is 0. The zero-order valence-electron chi connectivity index (χ0n) is 15.4. The number of likely N-dealkylation sites (N-methyl/N-ethyl adjacent to an activating group) is 1. The second kappa shape index (κ2) is 7.21. The van der Waals surface area contributed by atoms with Crippen LogP contribution >= 0.6 is 0 Å². The maximum atomic E-state index is 12.7. The Morgan fingerprint density at radius 1 is 1.23 bits per heavy atom. The lowest BCUT2D eigenvalue weighted by atomic mass is 10.1. The summed E-state index contributed by atoms with van der Waals surface area (Å²) in [5.74, 6) is 1.01. The van der Waals surface area contributed by atoms with E-state index in [1.807, 2.05) is 25.2 Å². The fourth-order valence-corrected chi connectivity index (χ4v) is 3.26. The van der Waals surface area contributed by atoms with Crippen LogP contribution in [0.1, 0.15) is 37.7 Å². The first-order chi connectivity index (χ1) is 12.4. The highest BCUT2D eigenvalue weighted by Gasteiger charge is 2.24. The molecule has 0 saturated carbocycles. The lowest BCUT2D eigenvalue weighted by Crippen LogP contribution is -3.08. The Balaban J connectivity index is 1.69. The van der Waals surface area contributed by atoms with Crippen LogP contribution in [0.4, 0.5) is 0 Å². The van der Waals surface area contributed by atoms with E-state index in [-0.39, 0.29) is 12.6 Å². The number of methoxy groups -OCH3 is 1. The number of ketones is 1. The third kappa shape index (κ3) is 3.43. The Kier molecular flexibility index (Phi) is 4.99. The normalized spacial score (nSPS) is 13.5. The largest absolute Gasteiger partial charge is 0.465 e. The van der Waals surface area contributed by atoms with Crippen molar-refractivity contribution in [1.29, 1.82) is 0 Å². The van der Waals surface area contributed by atoms with Crippen LogP contribution in [0.3, 0.4) is 0 Å². The van der Waals surface area contributed by atoms with Crippen molar-refractivity contribution in [3.05, 3.63) is 46.3 Å². The van der Waals surface area contributed by atoms with E-state index in [9.17, 15) is 9.59 Å². The van der Waals surface area contributed by atoms with E-state index in [1.54, 1.807) is 13.8 Å². The van der Waals surface area contributed by atoms with Crippen LogP contribution in [0.15, 0.2) is 18.2 Å². The third-order valence-electron chi connectivity index (χ3n) is 4.51. The molecule has 0 saturated heterocycles. The van der Waals surface area contributed by atoms with Crippen LogP contribution in [-0.2, 0) is 11.3 Å². The number of hydrogen-bond donors (Lipinski definition) is 2. The van der Waals surface area contributed by atoms with Crippen LogP contribution in [0.2, 0.25) is 0 Å². The van der Waals surface area contributed by atoms with Gasteiger partial charge in [-0.25, -0.2) is 4.79 Å². The van der Waals surface area contributed by atoms with Crippen LogP contribution in [0, 0.1) is 13.8 Å². The number of aromatic nitrogens is 1. The highest BCUT2D eigenvalue weighted by Crippen LogP contribution is 2.32. The van der Waals surface area contributed by atoms with E-state index in [1.165, 1.54) is 7.11 Å². The van der Waals surface area contributed by atoms with Gasteiger partial charge in [-0.3, -0.25) is 4.79 Å². The molecule has 7 heteroatoms. The molecule has 1 aliphatic rings. The number of carbonyl (C=O) groups is 2. The molecule has 0 radical (unpaired) electrons. The first-order valence-electron chi connectivity index (χ1n) is 8.41. The predicted molar refractivity (Wildman–Crippen MR) is 94.0 cm³/mol. The summed E-state index contributed by atoms with van der Waals surface area (Å²) in [6.07, 6.45) is 0. The van der Waals surface area contributed by atoms with Gasteiger partial charge < -0.3 is 24.1 Å². The van der Waals surface area contributed by atoms with Gasteiger partial charge in [0.25, 0.3) is 0 Å². The van der Waals surface area contributed by atoms with Gasteiger partial charge in [0.2, 0.25) is 12.6 Å². The molecule has 0 bridgehead atoms. The van der Waals surface area contributed by atoms with Crippen LogP contribution in [0.25, 0.3) is 0 Å². The van der Waals surface area contributed by atoms with Gasteiger partial charge in [-0.05, 0) is 37.6 Å². The standard InChI is InChI=1S/C19H22N2O5/c1-11-17(19(23)24-4)12(2)20-18(11)14(22)9-21(3)8-13-5-6-15-16(7-13)26-10-25-15/h5-7,20H,8-10H2,1-4H3/p+1. The molecule has 0 aliphatic carbocycles. The van der Waals surface area contributed by atoms with Gasteiger partial charge in [0.15, 0.2) is 11.5 Å². The van der Waals surface area contributed by atoms with Crippen LogP contribution < -0.4 is 14.4 Å². The van der Waals surface area contributed by atoms with E-state index in [2.05, 4.69) is 4.98 Å². The molecule has 2 N–H and O–H groups in total. The van der Waals surface area contributed by atoms with Gasteiger partial charge in [0.1, 0.15) is 13.1 Å². The van der Waals surface area contributed by atoms with Gasteiger partial charge in [0, 0.05) is 11.3 Å². The average molecular weight is 359 g/mol. The van der Waals surface area contributed by atoms with Crippen molar-refractivity contribution >= 4 is 11.8 Å². The summed E-state index contributed by atoms with van der Waals surface area (Å²) in [6.45, 7) is 4.74. The molecular formula is C19H23N2O5+. The molecule has 1 aromatic carbocycles. The number of ether oxygens (including phenoxy) is 3. The number of rotatable bonds is 6. The maximum absolute atomic E-state index is 12.7. The molecule has 0 amide bonds. The topological polar surface area (TPSA) is 82.1 Å². The Bertz CT molecular complexity index is 856. The molecule has 1 aromatic heterocycles. The van der Waals surface area contributed by atoms with Crippen LogP contribution in [0.5, 0.6) is 11.5 Å². The second-order valence-electron chi connectivity index (χ2n) is 6.54. The zero-order chi connectivity index (χ0) is 18.8. The molecule has 26 heavy (non-hydrogen) atoms. The van der Waals surface area contributed by atoms with Gasteiger partial charge in [0.05, 0.1) is 25.4 Å². The number of hydrogen-bond acceptors (Lipinski definition) is 5. The average Bonchev–Trinajstić information content (AvgIpc) is 3.17. The lowest BCUT2D eigenvalue weighted by Gasteiger charge is -2.13. The number of esters is 1. The van der Waals surface area contributed by atoms with Crippen molar-refractivity contribution in [1.82, 2.24) is 4.98 Å². The molecule has 2 aromatic rings. The monoisotopic (exact) mass is 359 g/mol. The van der Waals surface area contributed by atoms with Gasteiger partial charge in [-0.2, -0.15) is 0 Å². The Morgan fingerprint density at radius 2 is 1.96 bits per heavy atom. The van der Waals surface area contributed by atoms with Gasteiger partial charge >= 0.3 is 5.97 Å². The van der Waals surface area contributed by atoms with E-state index in [4.69, 9.17) is 14.2 Å². The molecule has 1 unspecified atom stereocenters. The number of fused-ring (bicyclic) bond motifs is 1. The number of aromatic amines is 1. The highest BCUT2D eigenvalue weighted by atomic mass is 16.7. The fourth-order valence-electron chi connectivity index (χ4n) is 3.26. The number of carbonyl (C=O) groups excluding carboxylic acids is 2. The smallest absolute Gasteiger partial charge is 0.339 e. The number of H-pyrrole nitrogens is 1. The van der Waals surface area contributed by atoms with E-state index < -0.39 is 5.97 Å². The van der Waals surface area contributed by atoms with Crippen molar-refractivity contribution in [2.24, 2.45) is 0 Å². The molecule has 0 spiro atoms. The van der Waals surface area contributed by atoms with E-state index in [0.29, 0.717) is 35.6 Å². The fraction of sp³-hybridized carbons (Fsp3) is 0.368. The number of quaternary nitrogens is 1. The quantitative estimate of drug-likeness (QED) is 0.595. The van der Waals surface area contributed by atoms with Crippen molar-refractivity contribution in [3.8, 4) is 11.5 Å². The molecule has 3 rings (SSSR count). The first kappa shape index (κ1) is 18.0. The molecule has 2 heterocycles. The summed E-state index contributed by atoms with van der Waals surface area (Å²) < 4.78 is 15.5. The summed E-state index contributed by atoms with van der Waals surface area (Å²) in [6, 6.07) is 5.80. The Hall–Kier alpha value is -2.80. The Morgan fingerprint density at radius 3 is 2.69 bits per heavy atom. The van der Waals surface area contributed by atoms with Crippen molar-refractivity contribution in [3.63, 3.8) is 0 Å². The van der Waals surface area contributed by atoms with Gasteiger partial charge in [-0.1, -0.05) is 0 Å². The number of benzene rings is 1. The minimum atomic E-state index is -0.434. The predicted octanol–water partition coefficient (Wildman–Crippen LogP) is 1.04. The minimum absolute atomic E-state index is 0.0426. The second-order valence-corrected chi connectivity index (χ2v) is 6.54. The number of aryl methyl sites for hydroxylation is 1. The molecule has 1 atom stereocenters.